The molecule has 2 heterocycles. The van der Waals surface area contributed by atoms with Gasteiger partial charge in [-0.3, -0.25) is 0 Å². The van der Waals surface area contributed by atoms with Crippen molar-refractivity contribution in [1.29, 1.82) is 0 Å². The van der Waals surface area contributed by atoms with Crippen LogP contribution in [0.1, 0.15) is 13.3 Å². The van der Waals surface area contributed by atoms with Crippen molar-refractivity contribution in [3.8, 4) is 0 Å². The zero-order valence-corrected chi connectivity index (χ0v) is 4.96. The molecule has 2 rings (SSSR count). The first-order chi connectivity index (χ1) is 3.86. The number of rotatable bonds is 2. The third-order valence-electron chi connectivity index (χ3n) is 1.73. The van der Waals surface area contributed by atoms with Crippen molar-refractivity contribution in [3.05, 3.63) is 0 Å². The Morgan fingerprint density at radius 1 is 1.62 bits per heavy atom. The highest BCUT2D eigenvalue weighted by Gasteiger charge is 2.39. The second-order valence-corrected chi connectivity index (χ2v) is 2.57. The van der Waals surface area contributed by atoms with E-state index in [2.05, 4.69) is 6.92 Å². The van der Waals surface area contributed by atoms with Crippen LogP contribution in [0.15, 0.2) is 0 Å². The minimum atomic E-state index is 0.513. The van der Waals surface area contributed by atoms with Crippen LogP contribution in [-0.4, -0.2) is 24.9 Å². The molecule has 0 amide bonds. The SMILES string of the molecule is CC1OC1CC1CO1. The van der Waals surface area contributed by atoms with E-state index >= 15 is 0 Å². The van der Waals surface area contributed by atoms with E-state index in [1.807, 2.05) is 0 Å². The number of hydrogen-bond donors (Lipinski definition) is 0. The number of ether oxygens (including phenoxy) is 2. The molecule has 2 saturated heterocycles. The molecule has 0 aromatic heterocycles. The van der Waals surface area contributed by atoms with Gasteiger partial charge >= 0.3 is 0 Å². The quantitative estimate of drug-likeness (QED) is 0.490. The number of hydrogen-bond acceptors (Lipinski definition) is 2. The Bertz CT molecular complexity index is 98.7. The molecule has 2 aliphatic rings. The lowest BCUT2D eigenvalue weighted by Gasteiger charge is -1.82. The van der Waals surface area contributed by atoms with Gasteiger partial charge in [0.05, 0.1) is 24.9 Å². The summed E-state index contributed by atoms with van der Waals surface area (Å²) >= 11 is 0. The minimum absolute atomic E-state index is 0.513. The molecule has 0 N–H and O–H groups in total. The highest BCUT2D eigenvalue weighted by Crippen LogP contribution is 2.30. The summed E-state index contributed by atoms with van der Waals surface area (Å²) in [7, 11) is 0. The van der Waals surface area contributed by atoms with Crippen LogP contribution in [0.3, 0.4) is 0 Å². The van der Waals surface area contributed by atoms with Crippen LogP contribution in [0.25, 0.3) is 0 Å². The van der Waals surface area contributed by atoms with Gasteiger partial charge in [0.2, 0.25) is 0 Å². The van der Waals surface area contributed by atoms with Crippen LogP contribution in [-0.2, 0) is 9.47 Å². The molecule has 0 spiro atoms. The average Bonchev–Trinajstić information content (AvgIpc) is 2.52. The molecule has 0 aliphatic carbocycles. The number of epoxide rings is 2. The molecule has 2 heteroatoms. The molecule has 0 bridgehead atoms. The van der Waals surface area contributed by atoms with E-state index in [0.717, 1.165) is 13.0 Å². The lowest BCUT2D eigenvalue weighted by atomic mass is 10.2. The summed E-state index contributed by atoms with van der Waals surface area (Å²) in [5.41, 5.74) is 0. The molecule has 0 radical (unpaired) electrons. The second-order valence-electron chi connectivity index (χ2n) is 2.57. The van der Waals surface area contributed by atoms with Crippen LogP contribution in [0.2, 0.25) is 0 Å². The Morgan fingerprint density at radius 2 is 2.25 bits per heavy atom. The van der Waals surface area contributed by atoms with Crippen molar-refractivity contribution in [2.24, 2.45) is 0 Å². The third-order valence-corrected chi connectivity index (χ3v) is 1.73. The van der Waals surface area contributed by atoms with Crippen molar-refractivity contribution in [2.45, 2.75) is 31.7 Å². The molecule has 3 unspecified atom stereocenters. The molecule has 2 nitrogen and oxygen atoms in total. The summed E-state index contributed by atoms with van der Waals surface area (Å²) < 4.78 is 10.2. The molecule has 2 fully saturated rings. The molecular weight excluding hydrogens is 104 g/mol. The zero-order chi connectivity index (χ0) is 5.56. The van der Waals surface area contributed by atoms with Crippen molar-refractivity contribution < 1.29 is 9.47 Å². The topological polar surface area (TPSA) is 25.1 Å². The Labute approximate surface area is 48.8 Å². The van der Waals surface area contributed by atoms with Crippen LogP contribution < -0.4 is 0 Å². The Hall–Kier alpha value is -0.0800. The smallest absolute Gasteiger partial charge is 0.0864 e. The minimum Gasteiger partial charge on any atom is -0.373 e. The van der Waals surface area contributed by atoms with Gasteiger partial charge in [-0.1, -0.05) is 0 Å². The zero-order valence-electron chi connectivity index (χ0n) is 4.96. The first kappa shape index (κ1) is 4.77. The fourth-order valence-electron chi connectivity index (χ4n) is 0.941. The van der Waals surface area contributed by atoms with Crippen LogP contribution in [0.5, 0.6) is 0 Å². The molecule has 46 valence electrons. The predicted molar refractivity (Wildman–Crippen MR) is 28.7 cm³/mol. The molecule has 0 saturated carbocycles. The van der Waals surface area contributed by atoms with Gasteiger partial charge in [0.15, 0.2) is 0 Å². The molecule has 0 aromatic carbocycles. The fourth-order valence-corrected chi connectivity index (χ4v) is 0.941. The van der Waals surface area contributed by atoms with Crippen LogP contribution in [0, 0.1) is 0 Å². The van der Waals surface area contributed by atoms with Crippen LogP contribution in [0.4, 0.5) is 0 Å². The first-order valence-electron chi connectivity index (χ1n) is 3.13. The monoisotopic (exact) mass is 114 g/mol. The van der Waals surface area contributed by atoms with E-state index in [-0.39, 0.29) is 0 Å². The van der Waals surface area contributed by atoms with Gasteiger partial charge < -0.3 is 9.47 Å². The summed E-state index contributed by atoms with van der Waals surface area (Å²) in [5, 5.41) is 0. The molecule has 0 aromatic rings. The maximum atomic E-state index is 5.19. The van der Waals surface area contributed by atoms with Gasteiger partial charge in [0, 0.05) is 6.42 Å². The molecule has 2 aliphatic heterocycles. The highest BCUT2D eigenvalue weighted by molar-refractivity contribution is 4.86. The lowest BCUT2D eigenvalue weighted by Crippen LogP contribution is -1.94. The van der Waals surface area contributed by atoms with E-state index in [0.29, 0.717) is 18.3 Å². The Morgan fingerprint density at radius 3 is 2.62 bits per heavy atom. The summed E-state index contributed by atoms with van der Waals surface area (Å²) in [6.45, 7) is 3.07. The van der Waals surface area contributed by atoms with E-state index in [1.165, 1.54) is 0 Å². The fraction of sp³-hybridized carbons (Fsp3) is 1.00. The normalized spacial score (nSPS) is 51.4. The molecule has 8 heavy (non-hydrogen) atoms. The average molecular weight is 114 g/mol. The van der Waals surface area contributed by atoms with Gasteiger partial charge in [-0.05, 0) is 6.92 Å². The molecular formula is C6H10O2. The lowest BCUT2D eigenvalue weighted by molar-refractivity contribution is 0.335. The van der Waals surface area contributed by atoms with Gasteiger partial charge in [0.1, 0.15) is 0 Å². The van der Waals surface area contributed by atoms with E-state index in [9.17, 15) is 0 Å². The van der Waals surface area contributed by atoms with E-state index < -0.39 is 0 Å². The van der Waals surface area contributed by atoms with Gasteiger partial charge in [0.25, 0.3) is 0 Å². The summed E-state index contributed by atoms with van der Waals surface area (Å²) in [6.07, 6.45) is 2.72. The summed E-state index contributed by atoms with van der Waals surface area (Å²) in [5.74, 6) is 0. The maximum Gasteiger partial charge on any atom is 0.0864 e. The Balaban J connectivity index is 1.69. The van der Waals surface area contributed by atoms with Gasteiger partial charge in [-0.2, -0.15) is 0 Å². The summed E-state index contributed by atoms with van der Waals surface area (Å²) in [4.78, 5) is 0. The van der Waals surface area contributed by atoms with Crippen molar-refractivity contribution >= 4 is 0 Å². The first-order valence-corrected chi connectivity index (χ1v) is 3.13. The summed E-state index contributed by atoms with van der Waals surface area (Å²) in [6, 6.07) is 0. The molecule has 3 atom stereocenters. The van der Waals surface area contributed by atoms with Crippen molar-refractivity contribution in [3.63, 3.8) is 0 Å². The van der Waals surface area contributed by atoms with Crippen molar-refractivity contribution in [2.75, 3.05) is 6.61 Å². The van der Waals surface area contributed by atoms with Crippen molar-refractivity contribution in [1.82, 2.24) is 0 Å². The maximum absolute atomic E-state index is 5.19. The van der Waals surface area contributed by atoms with E-state index in [1.54, 1.807) is 0 Å². The standard InChI is InChI=1S/C6H10O2/c1-4-6(8-4)2-5-3-7-5/h4-6H,2-3H2,1H3. The van der Waals surface area contributed by atoms with Crippen LogP contribution >= 0.6 is 0 Å². The van der Waals surface area contributed by atoms with Gasteiger partial charge in [-0.25, -0.2) is 0 Å². The predicted octanol–water partition coefficient (Wildman–Crippen LogP) is 0.563. The third kappa shape index (κ3) is 0.858. The largest absolute Gasteiger partial charge is 0.373 e. The van der Waals surface area contributed by atoms with E-state index in [4.69, 9.17) is 9.47 Å². The highest BCUT2D eigenvalue weighted by atomic mass is 16.6. The second kappa shape index (κ2) is 1.45. The Kier molecular flexibility index (Phi) is 0.866. The van der Waals surface area contributed by atoms with Gasteiger partial charge in [-0.15, -0.1) is 0 Å².